The Morgan fingerprint density at radius 3 is 2.39 bits per heavy atom. The largest absolute Gasteiger partial charge is 0.360 e. The number of nitrogens with one attached hydrogen (secondary N) is 1. The molecule has 0 fully saturated rings. The summed E-state index contributed by atoms with van der Waals surface area (Å²) in [7, 11) is 0. The first-order valence-electron chi connectivity index (χ1n) is 10.00. The van der Waals surface area contributed by atoms with Crippen LogP contribution in [-0.4, -0.2) is 34.3 Å². The van der Waals surface area contributed by atoms with Gasteiger partial charge in [-0.1, -0.05) is 57.8 Å². The number of benzene rings is 1. The smallest absolute Gasteiger partial charge is 0.223 e. The Morgan fingerprint density at radius 1 is 1.11 bits per heavy atom. The second kappa shape index (κ2) is 10.7. The van der Waals surface area contributed by atoms with Crippen molar-refractivity contribution in [2.75, 3.05) is 0 Å². The van der Waals surface area contributed by atoms with Gasteiger partial charge in [0.15, 0.2) is 12.5 Å². The summed E-state index contributed by atoms with van der Waals surface area (Å²) in [6.07, 6.45) is 6.03. The van der Waals surface area contributed by atoms with E-state index in [1.54, 1.807) is 0 Å². The molecule has 1 N–H and O–H groups in total. The third kappa shape index (κ3) is 6.91. The van der Waals surface area contributed by atoms with E-state index in [4.69, 9.17) is 0 Å². The van der Waals surface area contributed by atoms with Gasteiger partial charge in [-0.3, -0.25) is 14.6 Å². The van der Waals surface area contributed by atoms with Crippen LogP contribution in [0.1, 0.15) is 42.7 Å². The molecule has 2 rings (SSSR count). The first kappa shape index (κ1) is 21.8. The molecular formula is C22H30BN3O2. The monoisotopic (exact) mass is 379 g/mol. The third-order valence-electron chi connectivity index (χ3n) is 4.83. The van der Waals surface area contributed by atoms with Crippen LogP contribution in [0.15, 0.2) is 48.9 Å². The number of aromatic nitrogens is 2. The predicted molar refractivity (Wildman–Crippen MR) is 113 cm³/mol. The predicted octanol–water partition coefficient (Wildman–Crippen LogP) is 3.73. The number of rotatable bonds is 10. The van der Waals surface area contributed by atoms with Crippen molar-refractivity contribution >= 4 is 18.4 Å². The van der Waals surface area contributed by atoms with Crippen molar-refractivity contribution in [3.05, 3.63) is 60.2 Å². The van der Waals surface area contributed by atoms with Crippen molar-refractivity contribution in [2.45, 2.75) is 52.7 Å². The Bertz CT molecular complexity index is 751. The highest BCUT2D eigenvalue weighted by Crippen LogP contribution is 2.17. The second-order valence-corrected chi connectivity index (χ2v) is 8.09. The quantitative estimate of drug-likeness (QED) is 0.504. The topological polar surface area (TPSA) is 72.0 Å². The molecule has 28 heavy (non-hydrogen) atoms. The highest BCUT2D eigenvalue weighted by atomic mass is 16.2. The molecule has 6 heteroatoms. The molecule has 1 amide bonds. The van der Waals surface area contributed by atoms with Crippen LogP contribution in [0.25, 0.3) is 0 Å². The van der Waals surface area contributed by atoms with E-state index in [2.05, 4.69) is 42.8 Å². The number of nitrogens with zero attached hydrogens (tertiary/aromatic N) is 2. The van der Waals surface area contributed by atoms with Gasteiger partial charge in [-0.25, -0.2) is 4.98 Å². The second-order valence-electron chi connectivity index (χ2n) is 8.09. The van der Waals surface area contributed by atoms with E-state index < -0.39 is 5.92 Å². The molecule has 0 aliphatic heterocycles. The number of Topliss-reactive ketones (excluding diaryl/α,β-unsaturated/α-hetero) is 1. The van der Waals surface area contributed by atoms with Gasteiger partial charge >= 0.3 is 0 Å². The summed E-state index contributed by atoms with van der Waals surface area (Å²) in [5, 5.41) is 3.20. The number of hydrogen-bond donors (Lipinski definition) is 1. The highest BCUT2D eigenvalue weighted by Gasteiger charge is 2.27. The van der Waals surface area contributed by atoms with E-state index in [9.17, 15) is 9.59 Å². The Balaban J connectivity index is 2.16. The molecule has 0 unspecified atom stereocenters. The van der Waals surface area contributed by atoms with Gasteiger partial charge in [0.05, 0.1) is 6.20 Å². The maximum absolute atomic E-state index is 13.1. The third-order valence-corrected chi connectivity index (χ3v) is 4.83. The normalized spacial score (nSPS) is 13.0. The molecule has 2 aromatic rings. The lowest BCUT2D eigenvalue weighted by molar-refractivity contribution is -0.125. The molecule has 148 valence electrons. The van der Waals surface area contributed by atoms with Gasteiger partial charge in [-0.15, -0.1) is 0 Å². The van der Waals surface area contributed by atoms with Crippen LogP contribution in [0, 0.1) is 11.8 Å². The molecule has 1 aromatic heterocycles. The lowest BCUT2D eigenvalue weighted by atomic mass is 9.47. The SMILES string of the molecule is CB(C)[C@H](CC(C)C)NC(=O)[C@@H](CC(=O)c1cnccn1)Cc1ccccc1. The van der Waals surface area contributed by atoms with Gasteiger partial charge in [0.25, 0.3) is 0 Å². The summed E-state index contributed by atoms with van der Waals surface area (Å²) in [6, 6.07) is 9.82. The molecule has 0 aliphatic rings. The zero-order valence-electron chi connectivity index (χ0n) is 17.3. The maximum atomic E-state index is 13.1. The zero-order chi connectivity index (χ0) is 20.5. The van der Waals surface area contributed by atoms with Crippen LogP contribution in [0.4, 0.5) is 0 Å². The van der Waals surface area contributed by atoms with Gasteiger partial charge in [-0.2, -0.15) is 0 Å². The molecule has 5 nitrogen and oxygen atoms in total. The number of hydrogen-bond acceptors (Lipinski definition) is 4. The van der Waals surface area contributed by atoms with Crippen molar-refractivity contribution in [2.24, 2.45) is 11.8 Å². The molecule has 0 bridgehead atoms. The number of carbonyl (C=O) groups is 2. The fraction of sp³-hybridized carbons (Fsp3) is 0.455. The van der Waals surface area contributed by atoms with Crippen molar-refractivity contribution < 1.29 is 9.59 Å². The summed E-state index contributed by atoms with van der Waals surface area (Å²) < 4.78 is 0. The van der Waals surface area contributed by atoms with Gasteiger partial charge in [-0.05, 0) is 24.3 Å². The molecule has 1 heterocycles. The lowest BCUT2D eigenvalue weighted by Crippen LogP contribution is -2.47. The van der Waals surface area contributed by atoms with Crippen LogP contribution in [0.3, 0.4) is 0 Å². The Kier molecular flexibility index (Phi) is 8.36. The molecular weight excluding hydrogens is 349 g/mol. The highest BCUT2D eigenvalue weighted by molar-refractivity contribution is 6.57. The van der Waals surface area contributed by atoms with Crippen LogP contribution in [0.5, 0.6) is 0 Å². The van der Waals surface area contributed by atoms with E-state index in [1.807, 2.05) is 30.3 Å². The minimum Gasteiger partial charge on any atom is -0.360 e. The molecule has 0 radical (unpaired) electrons. The first-order chi connectivity index (χ1) is 13.4. The average molecular weight is 379 g/mol. The van der Waals surface area contributed by atoms with Gasteiger partial charge in [0, 0.05) is 30.7 Å². The number of carbonyl (C=O) groups excluding carboxylic acids is 2. The van der Waals surface area contributed by atoms with Crippen molar-refractivity contribution in [3.63, 3.8) is 0 Å². The molecule has 0 saturated heterocycles. The lowest BCUT2D eigenvalue weighted by Gasteiger charge is -2.25. The minimum absolute atomic E-state index is 0.0690. The molecule has 0 spiro atoms. The molecule has 0 saturated carbocycles. The van der Waals surface area contributed by atoms with E-state index in [1.165, 1.54) is 18.6 Å². The van der Waals surface area contributed by atoms with E-state index in [-0.39, 0.29) is 24.1 Å². The summed E-state index contributed by atoms with van der Waals surface area (Å²) in [5.41, 5.74) is 1.34. The first-order valence-corrected chi connectivity index (χ1v) is 10.00. The van der Waals surface area contributed by atoms with Crippen LogP contribution >= 0.6 is 0 Å². The van der Waals surface area contributed by atoms with Crippen molar-refractivity contribution in [1.82, 2.24) is 15.3 Å². The van der Waals surface area contributed by atoms with Crippen LogP contribution in [-0.2, 0) is 11.2 Å². The van der Waals surface area contributed by atoms with Crippen molar-refractivity contribution in [1.29, 1.82) is 0 Å². The molecule has 1 aromatic carbocycles. The fourth-order valence-electron chi connectivity index (χ4n) is 3.23. The van der Waals surface area contributed by atoms with Crippen molar-refractivity contribution in [3.8, 4) is 0 Å². The Labute approximate surface area is 168 Å². The van der Waals surface area contributed by atoms with E-state index >= 15 is 0 Å². The number of ketones is 1. The zero-order valence-corrected chi connectivity index (χ0v) is 17.3. The van der Waals surface area contributed by atoms with Crippen LogP contribution < -0.4 is 5.32 Å². The Hall–Kier alpha value is -2.50. The summed E-state index contributed by atoms with van der Waals surface area (Å²) >= 11 is 0. The van der Waals surface area contributed by atoms with E-state index in [0.717, 1.165) is 12.0 Å². The standard InChI is InChI=1S/C22H30BN3O2/c1-16(2)12-21(23(3)4)26-22(28)18(13-17-8-6-5-7-9-17)14-20(27)19-15-24-10-11-25-19/h5-11,15-16,18,21H,12-14H2,1-4H3,(H,26,28)/t18-,21+/m1/s1. The minimum atomic E-state index is -0.440. The summed E-state index contributed by atoms with van der Waals surface area (Å²) in [6.45, 7) is 8.87. The maximum Gasteiger partial charge on any atom is 0.223 e. The van der Waals surface area contributed by atoms with E-state index in [0.29, 0.717) is 24.7 Å². The fourth-order valence-corrected chi connectivity index (χ4v) is 3.23. The molecule has 0 aliphatic carbocycles. The summed E-state index contributed by atoms with van der Waals surface area (Å²) in [5.74, 6) is -0.0845. The van der Waals surface area contributed by atoms with Gasteiger partial charge in [0.1, 0.15) is 5.69 Å². The van der Waals surface area contributed by atoms with Crippen LogP contribution in [0.2, 0.25) is 13.6 Å². The summed E-state index contributed by atoms with van der Waals surface area (Å²) in [4.78, 5) is 33.8. The number of amides is 1. The Morgan fingerprint density at radius 2 is 1.82 bits per heavy atom. The van der Waals surface area contributed by atoms with Gasteiger partial charge < -0.3 is 5.32 Å². The van der Waals surface area contributed by atoms with Gasteiger partial charge in [0.2, 0.25) is 5.91 Å². The molecule has 2 atom stereocenters. The average Bonchev–Trinajstić information content (AvgIpc) is 2.68.